The average molecular weight is 329 g/mol. The summed E-state index contributed by atoms with van der Waals surface area (Å²) in [4.78, 5) is 2.39. The fourth-order valence-corrected chi connectivity index (χ4v) is 3.63. The van der Waals surface area contributed by atoms with Crippen molar-refractivity contribution in [2.24, 2.45) is 5.41 Å². The number of tetrazole rings is 1. The second-order valence-electron chi connectivity index (χ2n) is 7.04. The average Bonchev–Trinajstić information content (AvgIpc) is 3.04. The van der Waals surface area contributed by atoms with E-state index in [4.69, 9.17) is 0 Å². The maximum Gasteiger partial charge on any atom is 0.170 e. The maximum absolute atomic E-state index is 9.68. The first-order valence-corrected chi connectivity index (χ1v) is 8.75. The normalized spacial score (nSPS) is 18.0. The van der Waals surface area contributed by atoms with Crippen molar-refractivity contribution < 1.29 is 5.11 Å². The molecule has 1 N–H and O–H groups in total. The molecule has 0 atom stereocenters. The summed E-state index contributed by atoms with van der Waals surface area (Å²) in [6, 6.07) is 6.24. The van der Waals surface area contributed by atoms with E-state index in [0.717, 1.165) is 50.4 Å². The van der Waals surface area contributed by atoms with Crippen molar-refractivity contribution in [3.05, 3.63) is 35.2 Å². The Balaban J connectivity index is 1.76. The quantitative estimate of drug-likeness (QED) is 0.911. The van der Waals surface area contributed by atoms with Crippen LogP contribution in [0.25, 0.3) is 5.69 Å². The monoisotopic (exact) mass is 329 g/mol. The van der Waals surface area contributed by atoms with Gasteiger partial charge in [0.1, 0.15) is 0 Å². The van der Waals surface area contributed by atoms with E-state index in [-0.39, 0.29) is 12.0 Å². The highest BCUT2D eigenvalue weighted by atomic mass is 16.3. The van der Waals surface area contributed by atoms with Gasteiger partial charge in [0.2, 0.25) is 0 Å². The van der Waals surface area contributed by atoms with Crippen LogP contribution in [0.5, 0.6) is 0 Å². The van der Waals surface area contributed by atoms with Crippen LogP contribution >= 0.6 is 0 Å². The van der Waals surface area contributed by atoms with Gasteiger partial charge in [-0.05, 0) is 73.2 Å². The van der Waals surface area contributed by atoms with Crippen LogP contribution in [0.4, 0.5) is 0 Å². The Kier molecular flexibility index (Phi) is 4.96. The van der Waals surface area contributed by atoms with Gasteiger partial charge in [0, 0.05) is 6.61 Å². The van der Waals surface area contributed by atoms with Gasteiger partial charge in [0.05, 0.1) is 12.2 Å². The van der Waals surface area contributed by atoms with Gasteiger partial charge in [0.15, 0.2) is 5.82 Å². The number of hydrogen-bond acceptors (Lipinski definition) is 5. The lowest BCUT2D eigenvalue weighted by Crippen LogP contribution is -2.41. The zero-order chi connectivity index (χ0) is 17.2. The minimum Gasteiger partial charge on any atom is -0.396 e. The van der Waals surface area contributed by atoms with E-state index in [2.05, 4.69) is 59.4 Å². The minimum absolute atomic E-state index is 0.106. The highest BCUT2D eigenvalue weighted by Crippen LogP contribution is 2.34. The van der Waals surface area contributed by atoms with Crippen LogP contribution in [-0.2, 0) is 6.54 Å². The van der Waals surface area contributed by atoms with Gasteiger partial charge >= 0.3 is 0 Å². The summed E-state index contributed by atoms with van der Waals surface area (Å²) >= 11 is 0. The van der Waals surface area contributed by atoms with E-state index in [0.29, 0.717) is 0 Å². The number of aliphatic hydroxyl groups is 1. The third-order valence-corrected chi connectivity index (χ3v) is 5.55. The van der Waals surface area contributed by atoms with Crippen LogP contribution in [0.2, 0.25) is 0 Å². The van der Waals surface area contributed by atoms with E-state index >= 15 is 0 Å². The third kappa shape index (κ3) is 3.21. The molecule has 24 heavy (non-hydrogen) atoms. The Bertz CT molecular complexity index is 662. The topological polar surface area (TPSA) is 67.1 Å². The van der Waals surface area contributed by atoms with E-state index in [1.165, 1.54) is 11.1 Å². The van der Waals surface area contributed by atoms with Gasteiger partial charge < -0.3 is 5.11 Å². The molecular formula is C18H27N5O. The molecule has 0 amide bonds. The largest absolute Gasteiger partial charge is 0.396 e. The van der Waals surface area contributed by atoms with Gasteiger partial charge in [-0.25, -0.2) is 0 Å². The summed E-state index contributed by atoms with van der Waals surface area (Å²) in [5.74, 6) is 0.875. The number of rotatable bonds is 5. The number of nitrogens with zero attached hydrogens (tertiary/aromatic N) is 5. The zero-order valence-corrected chi connectivity index (χ0v) is 14.9. The summed E-state index contributed by atoms with van der Waals surface area (Å²) in [7, 11) is 0. The summed E-state index contributed by atoms with van der Waals surface area (Å²) in [6.07, 6.45) is 3.10. The predicted molar refractivity (Wildman–Crippen MR) is 92.9 cm³/mol. The first kappa shape index (κ1) is 17.0. The van der Waals surface area contributed by atoms with E-state index < -0.39 is 0 Å². The maximum atomic E-state index is 9.68. The highest BCUT2D eigenvalue weighted by molar-refractivity contribution is 5.46. The summed E-state index contributed by atoms with van der Waals surface area (Å²) in [5, 5.41) is 22.1. The van der Waals surface area contributed by atoms with Crippen molar-refractivity contribution in [1.29, 1.82) is 0 Å². The SMILES string of the molecule is CCC1(CO)CCN(Cc2nnnn2-c2c(C)cccc2C)CC1. The lowest BCUT2D eigenvalue weighted by molar-refractivity contribution is 0.0371. The molecule has 0 aliphatic carbocycles. The molecule has 1 aliphatic heterocycles. The first-order valence-electron chi connectivity index (χ1n) is 8.75. The molecule has 130 valence electrons. The van der Waals surface area contributed by atoms with Crippen molar-refractivity contribution in [2.45, 2.75) is 46.6 Å². The van der Waals surface area contributed by atoms with Crippen molar-refractivity contribution in [2.75, 3.05) is 19.7 Å². The molecule has 6 heteroatoms. The number of likely N-dealkylation sites (tertiary alicyclic amines) is 1. The summed E-state index contributed by atoms with van der Waals surface area (Å²) in [6.45, 7) is 9.34. The second-order valence-corrected chi connectivity index (χ2v) is 7.04. The summed E-state index contributed by atoms with van der Waals surface area (Å²) in [5.41, 5.74) is 3.53. The molecule has 2 heterocycles. The van der Waals surface area contributed by atoms with E-state index in [1.54, 1.807) is 0 Å². The minimum atomic E-state index is 0.106. The molecule has 1 aliphatic rings. The molecule has 1 fully saturated rings. The van der Waals surface area contributed by atoms with Crippen molar-refractivity contribution in [1.82, 2.24) is 25.1 Å². The van der Waals surface area contributed by atoms with Crippen LogP contribution in [0.15, 0.2) is 18.2 Å². The number of piperidine rings is 1. The Morgan fingerprint density at radius 2 is 1.83 bits per heavy atom. The lowest BCUT2D eigenvalue weighted by Gasteiger charge is -2.40. The first-order chi connectivity index (χ1) is 11.6. The number of aliphatic hydroxyl groups excluding tert-OH is 1. The number of para-hydroxylation sites is 1. The fraction of sp³-hybridized carbons (Fsp3) is 0.611. The van der Waals surface area contributed by atoms with Gasteiger partial charge in [-0.1, -0.05) is 25.1 Å². The van der Waals surface area contributed by atoms with Gasteiger partial charge in [0.25, 0.3) is 0 Å². The molecule has 0 spiro atoms. The second kappa shape index (κ2) is 6.99. The Morgan fingerprint density at radius 1 is 1.17 bits per heavy atom. The van der Waals surface area contributed by atoms with Crippen molar-refractivity contribution in [3.63, 3.8) is 0 Å². The van der Waals surface area contributed by atoms with Crippen LogP contribution in [0.3, 0.4) is 0 Å². The van der Waals surface area contributed by atoms with Crippen LogP contribution in [0, 0.1) is 19.3 Å². The Hall–Kier alpha value is -1.79. The van der Waals surface area contributed by atoms with Gasteiger partial charge in [-0.3, -0.25) is 4.90 Å². The van der Waals surface area contributed by atoms with Crippen LogP contribution < -0.4 is 0 Å². The van der Waals surface area contributed by atoms with Gasteiger partial charge in [-0.15, -0.1) is 5.10 Å². The number of aryl methyl sites for hydroxylation is 2. The number of aromatic nitrogens is 4. The van der Waals surface area contributed by atoms with E-state index in [1.807, 2.05) is 4.68 Å². The smallest absolute Gasteiger partial charge is 0.170 e. The molecule has 0 saturated carbocycles. The number of hydrogen-bond donors (Lipinski definition) is 1. The molecule has 1 aromatic carbocycles. The Labute approximate surface area is 143 Å². The highest BCUT2D eigenvalue weighted by Gasteiger charge is 2.32. The van der Waals surface area contributed by atoms with Gasteiger partial charge in [-0.2, -0.15) is 4.68 Å². The molecule has 0 bridgehead atoms. The van der Waals surface area contributed by atoms with Crippen LogP contribution in [0.1, 0.15) is 43.1 Å². The molecule has 1 saturated heterocycles. The summed E-state index contributed by atoms with van der Waals surface area (Å²) < 4.78 is 1.87. The lowest BCUT2D eigenvalue weighted by atomic mass is 9.77. The predicted octanol–water partition coefficient (Wildman–Crippen LogP) is 2.26. The Morgan fingerprint density at radius 3 is 2.42 bits per heavy atom. The van der Waals surface area contributed by atoms with Crippen LogP contribution in [-0.4, -0.2) is 49.9 Å². The standard InChI is InChI=1S/C18H27N5O/c1-4-18(13-24)8-10-22(11-9-18)12-16-19-20-21-23(16)17-14(2)6-5-7-15(17)3/h5-7,24H,4,8-13H2,1-3H3. The molecule has 0 radical (unpaired) electrons. The molecule has 2 aromatic rings. The van der Waals surface area contributed by atoms with E-state index in [9.17, 15) is 5.11 Å². The molecule has 1 aromatic heterocycles. The molecule has 6 nitrogen and oxygen atoms in total. The molecule has 0 unspecified atom stereocenters. The zero-order valence-electron chi connectivity index (χ0n) is 14.9. The van der Waals surface area contributed by atoms with Crippen molar-refractivity contribution in [3.8, 4) is 5.69 Å². The molecular weight excluding hydrogens is 302 g/mol. The van der Waals surface area contributed by atoms with Crippen molar-refractivity contribution >= 4 is 0 Å². The number of benzene rings is 1. The molecule has 3 rings (SSSR count). The third-order valence-electron chi connectivity index (χ3n) is 5.55. The fourth-order valence-electron chi connectivity index (χ4n) is 3.63.